The van der Waals surface area contributed by atoms with Gasteiger partial charge in [-0.15, -0.1) is 12.3 Å². The first kappa shape index (κ1) is 15.2. The van der Waals surface area contributed by atoms with Crippen molar-refractivity contribution in [2.45, 2.75) is 25.7 Å². The first-order valence-corrected chi connectivity index (χ1v) is 5.13. The standard InChI is InChI=1S/C12H16O5/c1-4-7-12(10(14)16-2,11(15)17-3)8-5-6-9-13/h1,9H,5-8H2,2-3H3. The van der Waals surface area contributed by atoms with Crippen molar-refractivity contribution in [2.24, 2.45) is 5.41 Å². The lowest BCUT2D eigenvalue weighted by molar-refractivity contribution is -0.169. The number of carbonyl (C=O) groups excluding carboxylic acids is 3. The first-order valence-electron chi connectivity index (χ1n) is 5.13. The SMILES string of the molecule is C#CCC(CCCC=O)(C(=O)OC)C(=O)OC. The quantitative estimate of drug-likeness (QED) is 0.215. The Kier molecular flexibility index (Phi) is 6.64. The molecular formula is C12H16O5. The van der Waals surface area contributed by atoms with Gasteiger partial charge in [0.15, 0.2) is 5.41 Å². The smallest absolute Gasteiger partial charge is 0.324 e. The number of terminal acetylenes is 1. The van der Waals surface area contributed by atoms with E-state index in [9.17, 15) is 14.4 Å². The van der Waals surface area contributed by atoms with Crippen LogP contribution in [0.3, 0.4) is 0 Å². The van der Waals surface area contributed by atoms with Crippen LogP contribution >= 0.6 is 0 Å². The molecule has 0 saturated carbocycles. The zero-order valence-electron chi connectivity index (χ0n) is 10.0. The molecule has 0 rings (SSSR count). The van der Waals surface area contributed by atoms with Crippen molar-refractivity contribution in [3.05, 3.63) is 0 Å². The average molecular weight is 240 g/mol. The summed E-state index contributed by atoms with van der Waals surface area (Å²) in [6.45, 7) is 0. The second-order valence-corrected chi connectivity index (χ2v) is 3.51. The molecule has 0 amide bonds. The zero-order valence-corrected chi connectivity index (χ0v) is 10.0. The predicted molar refractivity (Wildman–Crippen MR) is 59.8 cm³/mol. The van der Waals surface area contributed by atoms with Crippen LogP contribution in [0.15, 0.2) is 0 Å². The minimum absolute atomic E-state index is 0.106. The summed E-state index contributed by atoms with van der Waals surface area (Å²) in [5, 5.41) is 0. The van der Waals surface area contributed by atoms with Crippen LogP contribution < -0.4 is 0 Å². The fourth-order valence-electron chi connectivity index (χ4n) is 1.57. The molecule has 0 aliphatic carbocycles. The fourth-order valence-corrected chi connectivity index (χ4v) is 1.57. The number of rotatable bonds is 7. The van der Waals surface area contributed by atoms with Crippen LogP contribution in [-0.2, 0) is 23.9 Å². The van der Waals surface area contributed by atoms with E-state index in [0.717, 1.165) is 6.29 Å². The maximum absolute atomic E-state index is 11.7. The first-order chi connectivity index (χ1) is 8.08. The Morgan fingerprint density at radius 2 is 1.82 bits per heavy atom. The van der Waals surface area contributed by atoms with Crippen LogP contribution in [0.4, 0.5) is 0 Å². The molecular weight excluding hydrogens is 224 g/mol. The summed E-state index contributed by atoms with van der Waals surface area (Å²) in [5.74, 6) is 0.819. The van der Waals surface area contributed by atoms with Gasteiger partial charge in [-0.25, -0.2) is 0 Å². The number of esters is 2. The van der Waals surface area contributed by atoms with Gasteiger partial charge < -0.3 is 14.3 Å². The Bertz CT molecular complexity index is 310. The van der Waals surface area contributed by atoms with E-state index in [0.29, 0.717) is 6.42 Å². The van der Waals surface area contributed by atoms with Gasteiger partial charge in [-0.05, 0) is 12.8 Å². The second kappa shape index (κ2) is 7.44. The molecule has 0 saturated heterocycles. The second-order valence-electron chi connectivity index (χ2n) is 3.51. The van der Waals surface area contributed by atoms with E-state index in [2.05, 4.69) is 15.4 Å². The predicted octanol–water partition coefficient (Wildman–Crippen LogP) is 0.711. The summed E-state index contributed by atoms with van der Waals surface area (Å²) < 4.78 is 9.20. The van der Waals surface area contributed by atoms with Crippen molar-refractivity contribution in [2.75, 3.05) is 14.2 Å². The van der Waals surface area contributed by atoms with Gasteiger partial charge in [0.25, 0.3) is 0 Å². The largest absolute Gasteiger partial charge is 0.468 e. The molecule has 17 heavy (non-hydrogen) atoms. The summed E-state index contributed by atoms with van der Waals surface area (Å²) in [7, 11) is 2.35. The molecule has 5 nitrogen and oxygen atoms in total. The van der Waals surface area contributed by atoms with Gasteiger partial charge in [-0.3, -0.25) is 9.59 Å². The number of aldehydes is 1. The highest BCUT2D eigenvalue weighted by Crippen LogP contribution is 2.31. The van der Waals surface area contributed by atoms with Gasteiger partial charge in [0.2, 0.25) is 0 Å². The molecule has 0 spiro atoms. The zero-order chi connectivity index (χ0) is 13.3. The third-order valence-electron chi connectivity index (χ3n) is 2.48. The Labute approximate surface area is 100 Å². The van der Waals surface area contributed by atoms with Crippen molar-refractivity contribution in [3.63, 3.8) is 0 Å². The van der Waals surface area contributed by atoms with Crippen molar-refractivity contribution in [1.82, 2.24) is 0 Å². The molecule has 0 atom stereocenters. The lowest BCUT2D eigenvalue weighted by atomic mass is 9.80. The number of methoxy groups -OCH3 is 2. The van der Waals surface area contributed by atoms with Crippen molar-refractivity contribution in [1.29, 1.82) is 0 Å². The van der Waals surface area contributed by atoms with E-state index < -0.39 is 17.4 Å². The Hall–Kier alpha value is -1.83. The number of hydrogen-bond acceptors (Lipinski definition) is 5. The van der Waals surface area contributed by atoms with Crippen LogP contribution in [0.2, 0.25) is 0 Å². The van der Waals surface area contributed by atoms with Gasteiger partial charge >= 0.3 is 11.9 Å². The maximum Gasteiger partial charge on any atom is 0.324 e. The molecule has 0 unspecified atom stereocenters. The van der Waals surface area contributed by atoms with Crippen LogP contribution in [0.25, 0.3) is 0 Å². The van der Waals surface area contributed by atoms with Crippen molar-refractivity contribution >= 4 is 18.2 Å². The number of unbranched alkanes of at least 4 members (excludes halogenated alkanes) is 1. The Morgan fingerprint density at radius 3 is 2.18 bits per heavy atom. The highest BCUT2D eigenvalue weighted by atomic mass is 16.5. The van der Waals surface area contributed by atoms with Crippen LogP contribution in [0.5, 0.6) is 0 Å². The molecule has 5 heteroatoms. The molecule has 0 aromatic heterocycles. The van der Waals surface area contributed by atoms with Gasteiger partial charge in [-0.1, -0.05) is 0 Å². The van der Waals surface area contributed by atoms with E-state index in [1.165, 1.54) is 14.2 Å². The Balaban J connectivity index is 5.10. The monoisotopic (exact) mass is 240 g/mol. The summed E-state index contributed by atoms with van der Waals surface area (Å²) in [6, 6.07) is 0. The fraction of sp³-hybridized carbons (Fsp3) is 0.583. The third-order valence-corrected chi connectivity index (χ3v) is 2.48. The molecule has 0 aliphatic heterocycles. The van der Waals surface area contributed by atoms with Crippen molar-refractivity contribution < 1.29 is 23.9 Å². The van der Waals surface area contributed by atoms with E-state index in [4.69, 9.17) is 6.42 Å². The van der Waals surface area contributed by atoms with Gasteiger partial charge in [0.05, 0.1) is 14.2 Å². The van der Waals surface area contributed by atoms with Crippen molar-refractivity contribution in [3.8, 4) is 12.3 Å². The molecule has 0 N–H and O–H groups in total. The van der Waals surface area contributed by atoms with E-state index in [-0.39, 0.29) is 19.3 Å². The molecule has 94 valence electrons. The van der Waals surface area contributed by atoms with Gasteiger partial charge in [0, 0.05) is 12.8 Å². The maximum atomic E-state index is 11.7. The highest BCUT2D eigenvalue weighted by molar-refractivity contribution is 6.00. The third kappa shape index (κ3) is 3.59. The molecule has 0 bridgehead atoms. The van der Waals surface area contributed by atoms with Crippen LogP contribution in [0, 0.1) is 17.8 Å². The topological polar surface area (TPSA) is 69.7 Å². The summed E-state index contributed by atoms with van der Waals surface area (Å²) >= 11 is 0. The molecule has 0 aliphatic rings. The minimum atomic E-state index is -1.50. The number of ether oxygens (including phenoxy) is 2. The van der Waals surface area contributed by atoms with Gasteiger partial charge in [-0.2, -0.15) is 0 Å². The van der Waals surface area contributed by atoms with Crippen LogP contribution in [-0.4, -0.2) is 32.4 Å². The van der Waals surface area contributed by atoms with Crippen LogP contribution in [0.1, 0.15) is 25.7 Å². The van der Waals surface area contributed by atoms with Gasteiger partial charge in [0.1, 0.15) is 6.29 Å². The minimum Gasteiger partial charge on any atom is -0.468 e. The van der Waals surface area contributed by atoms with E-state index in [1.54, 1.807) is 0 Å². The number of carbonyl (C=O) groups is 3. The average Bonchev–Trinajstić information content (AvgIpc) is 2.35. The molecule has 0 radical (unpaired) electrons. The lowest BCUT2D eigenvalue weighted by Crippen LogP contribution is -2.41. The summed E-state index contributed by atoms with van der Waals surface area (Å²) in [6.07, 6.45) is 6.54. The summed E-state index contributed by atoms with van der Waals surface area (Å²) in [4.78, 5) is 33.7. The molecule has 0 fully saturated rings. The molecule has 0 aromatic carbocycles. The van der Waals surface area contributed by atoms with E-state index >= 15 is 0 Å². The Morgan fingerprint density at radius 1 is 1.29 bits per heavy atom. The normalized spacial score (nSPS) is 10.2. The highest BCUT2D eigenvalue weighted by Gasteiger charge is 2.47. The molecule has 0 aromatic rings. The number of hydrogen-bond donors (Lipinski definition) is 0. The lowest BCUT2D eigenvalue weighted by Gasteiger charge is -2.25. The molecule has 0 heterocycles. The summed E-state index contributed by atoms with van der Waals surface area (Å²) in [5.41, 5.74) is -1.50. The van der Waals surface area contributed by atoms with E-state index in [1.807, 2.05) is 0 Å².